The third-order valence-electron chi connectivity index (χ3n) is 4.35. The predicted molar refractivity (Wildman–Crippen MR) is 115 cm³/mol. The summed E-state index contributed by atoms with van der Waals surface area (Å²) in [7, 11) is 0. The van der Waals surface area contributed by atoms with E-state index in [1.54, 1.807) is 36.4 Å². The fourth-order valence-electron chi connectivity index (χ4n) is 2.86. The van der Waals surface area contributed by atoms with E-state index in [4.69, 9.17) is 0 Å². The van der Waals surface area contributed by atoms with E-state index in [2.05, 4.69) is 20.9 Å². The first-order valence-electron chi connectivity index (χ1n) is 9.81. The van der Waals surface area contributed by atoms with Crippen molar-refractivity contribution in [2.45, 2.75) is 26.3 Å². The summed E-state index contributed by atoms with van der Waals surface area (Å²) in [5.41, 5.74) is 2.08. The van der Waals surface area contributed by atoms with Gasteiger partial charge in [-0.25, -0.2) is 13.8 Å². The molecule has 0 radical (unpaired) electrons. The molecule has 0 atom stereocenters. The molecule has 1 amide bonds. The maximum atomic E-state index is 13.3. The zero-order valence-electron chi connectivity index (χ0n) is 16.7. The number of aromatic nitrogens is 1. The number of nitrogens with one attached hydrogen (secondary N) is 3. The van der Waals surface area contributed by atoms with Crippen LogP contribution in [0.5, 0.6) is 0 Å². The molecular weight excluding hydrogens is 386 g/mol. The molecule has 0 aliphatic heterocycles. The largest absolute Gasteiger partial charge is 0.368 e. The first kappa shape index (κ1) is 21.2. The SMILES string of the molecule is CCCNc1nc(NCc2ccc(F)cc2)ccc1NC(=O)Cc1cccc(F)c1. The highest BCUT2D eigenvalue weighted by Crippen LogP contribution is 2.23. The molecule has 0 bridgehead atoms. The molecule has 0 fully saturated rings. The Morgan fingerprint density at radius 3 is 2.47 bits per heavy atom. The van der Waals surface area contributed by atoms with Gasteiger partial charge in [-0.2, -0.15) is 0 Å². The van der Waals surface area contributed by atoms with E-state index in [1.165, 1.54) is 24.3 Å². The van der Waals surface area contributed by atoms with Crippen molar-refractivity contribution < 1.29 is 13.6 Å². The molecule has 0 saturated carbocycles. The molecule has 3 aromatic rings. The van der Waals surface area contributed by atoms with E-state index in [1.807, 2.05) is 6.92 Å². The van der Waals surface area contributed by atoms with E-state index in [9.17, 15) is 13.6 Å². The molecule has 1 heterocycles. The Balaban J connectivity index is 1.68. The lowest BCUT2D eigenvalue weighted by Gasteiger charge is -2.14. The average Bonchev–Trinajstić information content (AvgIpc) is 2.73. The molecule has 1 aromatic heterocycles. The zero-order chi connectivity index (χ0) is 21.3. The summed E-state index contributed by atoms with van der Waals surface area (Å²) in [6.07, 6.45) is 0.959. The van der Waals surface area contributed by atoms with Crippen LogP contribution in [-0.4, -0.2) is 17.4 Å². The number of benzene rings is 2. The number of hydrogen-bond donors (Lipinski definition) is 3. The number of hydrogen-bond acceptors (Lipinski definition) is 4. The number of anilines is 3. The van der Waals surface area contributed by atoms with Crippen molar-refractivity contribution in [3.05, 3.63) is 83.4 Å². The number of carbonyl (C=O) groups excluding carboxylic acids is 1. The molecule has 156 valence electrons. The zero-order valence-corrected chi connectivity index (χ0v) is 16.7. The highest BCUT2D eigenvalue weighted by atomic mass is 19.1. The van der Waals surface area contributed by atoms with E-state index in [0.717, 1.165) is 12.0 Å². The van der Waals surface area contributed by atoms with Crippen LogP contribution in [0, 0.1) is 11.6 Å². The van der Waals surface area contributed by atoms with Gasteiger partial charge in [0.1, 0.15) is 17.5 Å². The number of nitrogens with zero attached hydrogens (tertiary/aromatic N) is 1. The van der Waals surface area contributed by atoms with Gasteiger partial charge >= 0.3 is 0 Å². The lowest BCUT2D eigenvalue weighted by atomic mass is 10.1. The number of rotatable bonds is 9. The highest BCUT2D eigenvalue weighted by Gasteiger charge is 2.11. The standard InChI is InChI=1S/C23H24F2N4O/c1-2-12-26-23-20(28-22(30)14-17-4-3-5-19(25)13-17)10-11-21(29-23)27-15-16-6-8-18(24)9-7-16/h3-11,13H,2,12,14-15H2,1H3,(H,28,30)(H2,26,27,29). The lowest BCUT2D eigenvalue weighted by molar-refractivity contribution is -0.115. The minimum Gasteiger partial charge on any atom is -0.368 e. The van der Waals surface area contributed by atoms with Gasteiger partial charge in [-0.3, -0.25) is 4.79 Å². The van der Waals surface area contributed by atoms with Crippen LogP contribution < -0.4 is 16.0 Å². The summed E-state index contributed by atoms with van der Waals surface area (Å²) >= 11 is 0. The van der Waals surface area contributed by atoms with Gasteiger partial charge < -0.3 is 16.0 Å². The summed E-state index contributed by atoms with van der Waals surface area (Å²) in [4.78, 5) is 17.0. The van der Waals surface area contributed by atoms with Crippen molar-refractivity contribution in [2.24, 2.45) is 0 Å². The molecule has 0 unspecified atom stereocenters. The van der Waals surface area contributed by atoms with Gasteiger partial charge in [0.25, 0.3) is 0 Å². The van der Waals surface area contributed by atoms with Crippen LogP contribution in [0.4, 0.5) is 26.1 Å². The molecule has 3 N–H and O–H groups in total. The van der Waals surface area contributed by atoms with Gasteiger partial charge in [0.2, 0.25) is 5.91 Å². The summed E-state index contributed by atoms with van der Waals surface area (Å²) in [5, 5.41) is 9.25. The van der Waals surface area contributed by atoms with Crippen LogP contribution in [0.25, 0.3) is 0 Å². The number of amides is 1. The smallest absolute Gasteiger partial charge is 0.228 e. The van der Waals surface area contributed by atoms with Gasteiger partial charge in [-0.05, 0) is 53.9 Å². The van der Waals surface area contributed by atoms with E-state index in [-0.39, 0.29) is 24.0 Å². The summed E-state index contributed by atoms with van der Waals surface area (Å²) < 4.78 is 26.4. The second-order valence-electron chi connectivity index (χ2n) is 6.85. The van der Waals surface area contributed by atoms with E-state index < -0.39 is 0 Å². The Morgan fingerprint density at radius 1 is 0.933 bits per heavy atom. The third-order valence-corrected chi connectivity index (χ3v) is 4.35. The quantitative estimate of drug-likeness (QED) is 0.466. The van der Waals surface area contributed by atoms with E-state index in [0.29, 0.717) is 36.0 Å². The van der Waals surface area contributed by atoms with Crippen LogP contribution in [0.3, 0.4) is 0 Å². The minimum absolute atomic E-state index is 0.0650. The summed E-state index contributed by atoms with van der Waals surface area (Å²) in [6.45, 7) is 3.22. The lowest BCUT2D eigenvalue weighted by Crippen LogP contribution is -2.17. The van der Waals surface area contributed by atoms with Gasteiger partial charge in [0, 0.05) is 13.1 Å². The summed E-state index contributed by atoms with van der Waals surface area (Å²) in [5.74, 6) is 0.272. The normalized spacial score (nSPS) is 10.5. The van der Waals surface area contributed by atoms with Crippen LogP contribution in [0.2, 0.25) is 0 Å². The van der Waals surface area contributed by atoms with Crippen molar-refractivity contribution >= 4 is 23.2 Å². The molecule has 0 aliphatic rings. The van der Waals surface area contributed by atoms with E-state index >= 15 is 0 Å². The fraction of sp³-hybridized carbons (Fsp3) is 0.217. The first-order chi connectivity index (χ1) is 14.5. The van der Waals surface area contributed by atoms with Crippen LogP contribution in [-0.2, 0) is 17.8 Å². The van der Waals surface area contributed by atoms with Gasteiger partial charge in [-0.1, -0.05) is 31.2 Å². The minimum atomic E-state index is -0.371. The van der Waals surface area contributed by atoms with Crippen molar-refractivity contribution in [1.82, 2.24) is 4.98 Å². The topological polar surface area (TPSA) is 66.1 Å². The number of pyridine rings is 1. The Labute approximate surface area is 174 Å². The molecule has 5 nitrogen and oxygen atoms in total. The molecule has 2 aromatic carbocycles. The Kier molecular flexibility index (Phi) is 7.32. The van der Waals surface area contributed by atoms with Crippen molar-refractivity contribution in [3.8, 4) is 0 Å². The maximum absolute atomic E-state index is 13.3. The van der Waals surface area contributed by atoms with Crippen molar-refractivity contribution in [1.29, 1.82) is 0 Å². The van der Waals surface area contributed by atoms with Crippen molar-refractivity contribution in [3.63, 3.8) is 0 Å². The molecule has 7 heteroatoms. The predicted octanol–water partition coefficient (Wildman–Crippen LogP) is 4.98. The molecule has 3 rings (SSSR count). The summed E-state index contributed by atoms with van der Waals surface area (Å²) in [6, 6.07) is 15.7. The third kappa shape index (κ3) is 6.27. The second kappa shape index (κ2) is 10.3. The van der Waals surface area contributed by atoms with Crippen LogP contribution >= 0.6 is 0 Å². The monoisotopic (exact) mass is 410 g/mol. The average molecular weight is 410 g/mol. The second-order valence-corrected chi connectivity index (χ2v) is 6.85. The van der Waals surface area contributed by atoms with Crippen LogP contribution in [0.1, 0.15) is 24.5 Å². The molecular formula is C23H24F2N4O. The Morgan fingerprint density at radius 2 is 1.73 bits per heavy atom. The maximum Gasteiger partial charge on any atom is 0.228 e. The number of halogens is 2. The first-order valence-corrected chi connectivity index (χ1v) is 9.81. The van der Waals surface area contributed by atoms with Gasteiger partial charge in [-0.15, -0.1) is 0 Å². The molecule has 0 aliphatic carbocycles. The molecule has 30 heavy (non-hydrogen) atoms. The van der Waals surface area contributed by atoms with Crippen LogP contribution in [0.15, 0.2) is 60.7 Å². The molecule has 0 saturated heterocycles. The Hall–Kier alpha value is -3.48. The highest BCUT2D eigenvalue weighted by molar-refractivity contribution is 5.95. The molecule has 0 spiro atoms. The number of carbonyl (C=O) groups is 1. The fourth-order valence-corrected chi connectivity index (χ4v) is 2.86. The van der Waals surface area contributed by atoms with Crippen molar-refractivity contribution in [2.75, 3.05) is 22.5 Å². The van der Waals surface area contributed by atoms with Gasteiger partial charge in [0.05, 0.1) is 12.1 Å². The Bertz CT molecular complexity index is 993. The van der Waals surface area contributed by atoms with Gasteiger partial charge in [0.15, 0.2) is 5.82 Å².